The van der Waals surface area contributed by atoms with E-state index in [1.165, 1.54) is 0 Å². The number of hydrogen-bond donors (Lipinski definition) is 0. The number of unbranched alkanes of at least 4 members (excludes halogenated alkanes) is 1. The summed E-state index contributed by atoms with van der Waals surface area (Å²) in [5.41, 5.74) is -0.221. The average molecular weight is 216 g/mol. The highest BCUT2D eigenvalue weighted by molar-refractivity contribution is 5.79. The Labute approximate surface area is 93.1 Å². The molecule has 0 N–H and O–H groups in total. The van der Waals surface area contributed by atoms with E-state index in [0.717, 1.165) is 26.1 Å². The Morgan fingerprint density at radius 2 is 1.87 bits per heavy atom. The van der Waals surface area contributed by atoms with E-state index in [1.54, 1.807) is 0 Å². The molecule has 0 spiro atoms. The van der Waals surface area contributed by atoms with E-state index in [4.69, 9.17) is 9.47 Å². The van der Waals surface area contributed by atoms with Crippen LogP contribution in [0.25, 0.3) is 0 Å². The van der Waals surface area contributed by atoms with Crippen molar-refractivity contribution < 1.29 is 14.3 Å². The molecule has 0 rings (SSSR count). The second kappa shape index (κ2) is 7.83. The molecule has 0 amide bonds. The van der Waals surface area contributed by atoms with Gasteiger partial charge in [-0.1, -0.05) is 0 Å². The lowest BCUT2D eigenvalue weighted by Gasteiger charge is -2.18. The molecular weight excluding hydrogens is 192 g/mol. The van der Waals surface area contributed by atoms with Crippen LogP contribution in [0, 0.1) is 0 Å². The van der Waals surface area contributed by atoms with Crippen LogP contribution in [0.15, 0.2) is 0 Å². The third kappa shape index (κ3) is 11.5. The van der Waals surface area contributed by atoms with Crippen LogP contribution in [-0.2, 0) is 14.3 Å². The van der Waals surface area contributed by atoms with E-state index in [-0.39, 0.29) is 18.0 Å². The van der Waals surface area contributed by atoms with Crippen molar-refractivity contribution in [2.75, 3.05) is 19.8 Å². The smallest absolute Gasteiger partial charge is 0.158 e. The fourth-order valence-electron chi connectivity index (χ4n) is 1.04. The van der Waals surface area contributed by atoms with Gasteiger partial charge in [0.1, 0.15) is 6.61 Å². The quantitative estimate of drug-likeness (QED) is 0.585. The van der Waals surface area contributed by atoms with Crippen molar-refractivity contribution in [1.29, 1.82) is 0 Å². The van der Waals surface area contributed by atoms with Gasteiger partial charge >= 0.3 is 0 Å². The summed E-state index contributed by atoms with van der Waals surface area (Å²) in [4.78, 5) is 11.4. The molecule has 0 radical (unpaired) electrons. The minimum Gasteiger partial charge on any atom is -0.382 e. The van der Waals surface area contributed by atoms with E-state index < -0.39 is 0 Å². The maximum Gasteiger partial charge on any atom is 0.158 e. The number of rotatable bonds is 8. The SMILES string of the molecule is CCOCCCCC(=O)COC(C)(C)C. The summed E-state index contributed by atoms with van der Waals surface area (Å²) in [6.07, 6.45) is 2.45. The van der Waals surface area contributed by atoms with Gasteiger partial charge < -0.3 is 9.47 Å². The molecule has 0 heterocycles. The van der Waals surface area contributed by atoms with Crippen LogP contribution in [0.2, 0.25) is 0 Å². The highest BCUT2D eigenvalue weighted by atomic mass is 16.5. The lowest BCUT2D eigenvalue weighted by atomic mass is 10.1. The standard InChI is InChI=1S/C12H24O3/c1-5-14-9-7-6-8-11(13)10-15-12(2,3)4/h5-10H2,1-4H3. The Bertz CT molecular complexity index is 170. The maximum absolute atomic E-state index is 11.4. The fourth-order valence-corrected chi connectivity index (χ4v) is 1.04. The summed E-state index contributed by atoms with van der Waals surface area (Å²) < 4.78 is 10.6. The molecule has 15 heavy (non-hydrogen) atoms. The lowest BCUT2D eigenvalue weighted by Crippen LogP contribution is -2.23. The largest absolute Gasteiger partial charge is 0.382 e. The predicted octanol–water partition coefficient (Wildman–Crippen LogP) is 2.58. The van der Waals surface area contributed by atoms with Crippen molar-refractivity contribution in [1.82, 2.24) is 0 Å². The lowest BCUT2D eigenvalue weighted by molar-refractivity contribution is -0.128. The number of carbonyl (C=O) groups excluding carboxylic acids is 1. The van der Waals surface area contributed by atoms with E-state index in [9.17, 15) is 4.79 Å². The first-order chi connectivity index (χ1) is 6.95. The van der Waals surface area contributed by atoms with Crippen molar-refractivity contribution >= 4 is 5.78 Å². The van der Waals surface area contributed by atoms with E-state index in [0.29, 0.717) is 6.42 Å². The minimum atomic E-state index is -0.221. The molecule has 0 aromatic carbocycles. The third-order valence-corrected chi connectivity index (χ3v) is 1.86. The number of carbonyl (C=O) groups is 1. The van der Waals surface area contributed by atoms with Gasteiger partial charge in [-0.15, -0.1) is 0 Å². The van der Waals surface area contributed by atoms with Crippen LogP contribution in [0.5, 0.6) is 0 Å². The van der Waals surface area contributed by atoms with Gasteiger partial charge in [0, 0.05) is 19.6 Å². The Hall–Kier alpha value is -0.410. The van der Waals surface area contributed by atoms with Gasteiger partial charge in [0.05, 0.1) is 5.60 Å². The molecule has 90 valence electrons. The van der Waals surface area contributed by atoms with E-state index in [1.807, 2.05) is 27.7 Å². The molecule has 0 aromatic rings. The molecule has 0 aliphatic rings. The summed E-state index contributed by atoms with van der Waals surface area (Å²) in [5.74, 6) is 0.182. The molecule has 0 unspecified atom stereocenters. The topological polar surface area (TPSA) is 35.5 Å². The van der Waals surface area contributed by atoms with Crippen LogP contribution in [0.1, 0.15) is 47.0 Å². The Balaban J connectivity index is 3.34. The molecule has 3 heteroatoms. The molecule has 0 aliphatic heterocycles. The zero-order valence-corrected chi connectivity index (χ0v) is 10.5. The van der Waals surface area contributed by atoms with Crippen LogP contribution < -0.4 is 0 Å². The van der Waals surface area contributed by atoms with Crippen molar-refractivity contribution in [3.63, 3.8) is 0 Å². The molecular formula is C12H24O3. The molecule has 3 nitrogen and oxygen atoms in total. The van der Waals surface area contributed by atoms with E-state index in [2.05, 4.69) is 0 Å². The van der Waals surface area contributed by atoms with Gasteiger partial charge in [0.25, 0.3) is 0 Å². The molecule has 0 atom stereocenters. The Morgan fingerprint density at radius 3 is 2.40 bits per heavy atom. The predicted molar refractivity (Wildman–Crippen MR) is 61.1 cm³/mol. The first kappa shape index (κ1) is 14.6. The summed E-state index contributed by atoms with van der Waals surface area (Å²) in [6.45, 7) is 9.57. The molecule has 0 fully saturated rings. The molecule has 0 aromatic heterocycles. The second-order valence-corrected chi connectivity index (χ2v) is 4.59. The zero-order valence-electron chi connectivity index (χ0n) is 10.5. The number of Topliss-reactive ketones (excluding diaryl/α,β-unsaturated/α-hetero) is 1. The van der Waals surface area contributed by atoms with Crippen molar-refractivity contribution in [2.24, 2.45) is 0 Å². The highest BCUT2D eigenvalue weighted by Gasteiger charge is 2.12. The molecule has 0 aliphatic carbocycles. The van der Waals surface area contributed by atoms with Crippen LogP contribution >= 0.6 is 0 Å². The summed E-state index contributed by atoms with van der Waals surface area (Å²) in [7, 11) is 0. The van der Waals surface area contributed by atoms with Crippen LogP contribution in [-0.4, -0.2) is 31.2 Å². The Morgan fingerprint density at radius 1 is 1.20 bits per heavy atom. The van der Waals surface area contributed by atoms with E-state index >= 15 is 0 Å². The van der Waals surface area contributed by atoms with Gasteiger partial charge in [-0.05, 0) is 40.5 Å². The molecule has 0 bridgehead atoms. The summed E-state index contributed by atoms with van der Waals surface area (Å²) in [5, 5.41) is 0. The third-order valence-electron chi connectivity index (χ3n) is 1.86. The van der Waals surface area contributed by atoms with Crippen molar-refractivity contribution in [2.45, 2.75) is 52.6 Å². The van der Waals surface area contributed by atoms with Gasteiger partial charge in [-0.25, -0.2) is 0 Å². The molecule has 0 saturated carbocycles. The van der Waals surface area contributed by atoms with Crippen LogP contribution in [0.3, 0.4) is 0 Å². The summed E-state index contributed by atoms with van der Waals surface area (Å²) in [6, 6.07) is 0. The van der Waals surface area contributed by atoms with Crippen molar-refractivity contribution in [3.05, 3.63) is 0 Å². The van der Waals surface area contributed by atoms with Crippen molar-refractivity contribution in [3.8, 4) is 0 Å². The van der Waals surface area contributed by atoms with Gasteiger partial charge in [-0.3, -0.25) is 4.79 Å². The average Bonchev–Trinajstić information content (AvgIpc) is 2.13. The van der Waals surface area contributed by atoms with Crippen LogP contribution in [0.4, 0.5) is 0 Å². The normalized spacial score (nSPS) is 11.7. The highest BCUT2D eigenvalue weighted by Crippen LogP contribution is 2.07. The molecule has 0 saturated heterocycles. The summed E-state index contributed by atoms with van der Waals surface area (Å²) >= 11 is 0. The van der Waals surface area contributed by atoms with Gasteiger partial charge in [-0.2, -0.15) is 0 Å². The number of hydrogen-bond acceptors (Lipinski definition) is 3. The first-order valence-electron chi connectivity index (χ1n) is 5.69. The maximum atomic E-state index is 11.4. The fraction of sp³-hybridized carbons (Fsp3) is 0.917. The zero-order chi connectivity index (χ0) is 11.7. The first-order valence-corrected chi connectivity index (χ1v) is 5.69. The number of ether oxygens (including phenoxy) is 2. The number of ketones is 1. The Kier molecular flexibility index (Phi) is 7.61. The van der Waals surface area contributed by atoms with Gasteiger partial charge in [0.2, 0.25) is 0 Å². The monoisotopic (exact) mass is 216 g/mol. The second-order valence-electron chi connectivity index (χ2n) is 4.59. The van der Waals surface area contributed by atoms with Gasteiger partial charge in [0.15, 0.2) is 5.78 Å². The minimum absolute atomic E-state index is 0.182.